The fourth-order valence-corrected chi connectivity index (χ4v) is 2.12. The van der Waals surface area contributed by atoms with E-state index < -0.39 is 24.0 Å². The normalized spacial score (nSPS) is 11.5. The molecule has 0 aliphatic heterocycles. The Balaban J connectivity index is 2.80. The Labute approximate surface area is 150 Å². The number of nitrogens with one attached hydrogen (secondary N) is 2. The lowest BCUT2D eigenvalue weighted by atomic mass is 10.2. The van der Waals surface area contributed by atoms with E-state index in [1.807, 2.05) is 0 Å². The van der Waals surface area contributed by atoms with Gasteiger partial charge in [-0.3, -0.25) is 10.1 Å². The molecule has 138 valence electrons. The van der Waals surface area contributed by atoms with Crippen LogP contribution in [0.4, 0.5) is 4.79 Å². The van der Waals surface area contributed by atoms with Gasteiger partial charge in [0.2, 0.25) is 0 Å². The predicted molar refractivity (Wildman–Crippen MR) is 91.2 cm³/mol. The van der Waals surface area contributed by atoms with Crippen molar-refractivity contribution >= 4 is 29.5 Å². The molecule has 0 aliphatic rings. The van der Waals surface area contributed by atoms with Gasteiger partial charge in [-0.15, -0.1) is 0 Å². The van der Waals surface area contributed by atoms with E-state index >= 15 is 0 Å². The van der Waals surface area contributed by atoms with Crippen LogP contribution in [-0.4, -0.2) is 44.3 Å². The molecule has 0 aromatic heterocycles. The highest BCUT2D eigenvalue weighted by molar-refractivity contribution is 6.32. The smallest absolute Gasteiger partial charge is 0.339 e. The van der Waals surface area contributed by atoms with Crippen LogP contribution in [0.2, 0.25) is 5.02 Å². The highest BCUT2D eigenvalue weighted by Gasteiger charge is 2.23. The average Bonchev–Trinajstić information content (AvgIpc) is 2.52. The van der Waals surface area contributed by atoms with E-state index in [1.54, 1.807) is 13.8 Å². The third kappa shape index (κ3) is 5.82. The average molecular weight is 373 g/mol. The van der Waals surface area contributed by atoms with Gasteiger partial charge in [0.15, 0.2) is 17.6 Å². The molecule has 0 aliphatic carbocycles. The van der Waals surface area contributed by atoms with Gasteiger partial charge in [0.1, 0.15) is 0 Å². The van der Waals surface area contributed by atoms with Gasteiger partial charge in [-0.1, -0.05) is 11.6 Å². The Morgan fingerprint density at radius 3 is 2.24 bits per heavy atom. The summed E-state index contributed by atoms with van der Waals surface area (Å²) < 4.78 is 15.2. The van der Waals surface area contributed by atoms with Gasteiger partial charge >= 0.3 is 12.0 Å². The molecule has 0 heterocycles. The molecule has 9 heteroatoms. The number of hydrogen-bond acceptors (Lipinski definition) is 6. The summed E-state index contributed by atoms with van der Waals surface area (Å²) in [6.07, 6.45) is -1.18. The fraction of sp³-hybridized carbons (Fsp3) is 0.438. The molecule has 2 N–H and O–H groups in total. The molecular weight excluding hydrogens is 352 g/mol. The molecule has 0 unspecified atom stereocenters. The number of amides is 3. The van der Waals surface area contributed by atoms with E-state index in [0.717, 1.165) is 0 Å². The Morgan fingerprint density at radius 1 is 1.08 bits per heavy atom. The van der Waals surface area contributed by atoms with Crippen molar-refractivity contribution in [2.45, 2.75) is 32.9 Å². The van der Waals surface area contributed by atoms with Gasteiger partial charge in [0.25, 0.3) is 5.91 Å². The summed E-state index contributed by atoms with van der Waals surface area (Å²) >= 11 is 6.03. The number of esters is 1. The van der Waals surface area contributed by atoms with Crippen LogP contribution in [0, 0.1) is 0 Å². The molecule has 0 saturated heterocycles. The van der Waals surface area contributed by atoms with Crippen LogP contribution in [0.1, 0.15) is 31.1 Å². The minimum Gasteiger partial charge on any atom is -0.493 e. The Hall–Kier alpha value is -2.48. The van der Waals surface area contributed by atoms with E-state index in [-0.39, 0.29) is 28.1 Å². The molecule has 1 atom stereocenters. The van der Waals surface area contributed by atoms with Gasteiger partial charge < -0.3 is 19.5 Å². The second kappa shape index (κ2) is 9.12. The molecule has 3 amide bonds. The largest absolute Gasteiger partial charge is 0.493 e. The highest BCUT2D eigenvalue weighted by atomic mass is 35.5. The monoisotopic (exact) mass is 372 g/mol. The third-order valence-electron chi connectivity index (χ3n) is 2.98. The fourth-order valence-electron chi connectivity index (χ4n) is 1.83. The second-order valence-corrected chi connectivity index (χ2v) is 5.77. The maximum atomic E-state index is 12.2. The lowest BCUT2D eigenvalue weighted by Gasteiger charge is -2.15. The topological polar surface area (TPSA) is 103 Å². The number of methoxy groups -OCH3 is 2. The minimum atomic E-state index is -1.18. The zero-order chi connectivity index (χ0) is 19.1. The van der Waals surface area contributed by atoms with Crippen LogP contribution >= 0.6 is 11.6 Å². The van der Waals surface area contributed by atoms with Crippen molar-refractivity contribution in [3.8, 4) is 11.5 Å². The van der Waals surface area contributed by atoms with Crippen LogP contribution in [0.5, 0.6) is 11.5 Å². The second-order valence-electron chi connectivity index (χ2n) is 5.36. The van der Waals surface area contributed by atoms with Crippen LogP contribution in [0.3, 0.4) is 0 Å². The van der Waals surface area contributed by atoms with Crippen LogP contribution in [-0.2, 0) is 9.53 Å². The van der Waals surface area contributed by atoms with E-state index in [9.17, 15) is 14.4 Å². The molecular formula is C16H21ClN2O6. The van der Waals surface area contributed by atoms with E-state index in [2.05, 4.69) is 10.6 Å². The molecule has 1 aromatic carbocycles. The lowest BCUT2D eigenvalue weighted by Crippen LogP contribution is -2.46. The standard InChI is InChI=1S/C16H21ClN2O6/c1-8(2)18-16(22)19-14(20)9(3)25-15(21)10-6-11(17)13(24-5)12(7-10)23-4/h6-9H,1-5H3,(H2,18,19,20,22)/t9-/m0/s1. The Morgan fingerprint density at radius 2 is 1.72 bits per heavy atom. The molecule has 0 fully saturated rings. The van der Waals surface area contributed by atoms with Gasteiger partial charge in [-0.05, 0) is 32.9 Å². The number of halogens is 1. The number of benzene rings is 1. The molecule has 1 aromatic rings. The zero-order valence-corrected chi connectivity index (χ0v) is 15.4. The Bertz CT molecular complexity index is 662. The van der Waals surface area contributed by atoms with Crippen LogP contribution < -0.4 is 20.1 Å². The SMILES string of the molecule is COc1cc(C(=O)O[C@@H](C)C(=O)NC(=O)NC(C)C)cc(Cl)c1OC. The number of carbonyl (C=O) groups is 3. The van der Waals surface area contributed by atoms with Gasteiger partial charge in [-0.25, -0.2) is 9.59 Å². The summed E-state index contributed by atoms with van der Waals surface area (Å²) in [6.45, 7) is 4.83. The van der Waals surface area contributed by atoms with Crippen molar-refractivity contribution in [2.24, 2.45) is 0 Å². The predicted octanol–water partition coefficient (Wildman–Crippen LogP) is 2.14. The first kappa shape index (κ1) is 20.6. The summed E-state index contributed by atoms with van der Waals surface area (Å²) in [5.41, 5.74) is 0.0777. The third-order valence-corrected chi connectivity index (χ3v) is 3.26. The first-order chi connectivity index (χ1) is 11.7. The first-order valence-corrected chi connectivity index (χ1v) is 7.81. The molecule has 8 nitrogen and oxygen atoms in total. The zero-order valence-electron chi connectivity index (χ0n) is 14.6. The van der Waals surface area contributed by atoms with Crippen molar-refractivity contribution in [1.82, 2.24) is 10.6 Å². The van der Waals surface area contributed by atoms with Gasteiger partial charge in [0, 0.05) is 6.04 Å². The number of carbonyl (C=O) groups excluding carboxylic acids is 3. The summed E-state index contributed by atoms with van der Waals surface area (Å²) in [5.74, 6) is -1.03. The number of ether oxygens (including phenoxy) is 3. The van der Waals surface area contributed by atoms with Crippen molar-refractivity contribution < 1.29 is 28.6 Å². The molecule has 0 spiro atoms. The first-order valence-electron chi connectivity index (χ1n) is 7.43. The van der Waals surface area contributed by atoms with Crippen molar-refractivity contribution in [2.75, 3.05) is 14.2 Å². The molecule has 0 saturated carbocycles. The van der Waals surface area contributed by atoms with Crippen molar-refractivity contribution in [1.29, 1.82) is 0 Å². The quantitative estimate of drug-likeness (QED) is 0.741. The van der Waals surface area contributed by atoms with E-state index in [4.69, 9.17) is 25.8 Å². The summed E-state index contributed by atoms with van der Waals surface area (Å²) in [6, 6.07) is 1.90. The van der Waals surface area contributed by atoms with Gasteiger partial charge in [0.05, 0.1) is 24.8 Å². The number of urea groups is 1. The summed E-state index contributed by atoms with van der Waals surface area (Å²) in [5, 5.41) is 4.73. The molecule has 25 heavy (non-hydrogen) atoms. The maximum absolute atomic E-state index is 12.2. The molecule has 0 bridgehead atoms. The van der Waals surface area contributed by atoms with Crippen molar-refractivity contribution in [3.05, 3.63) is 22.7 Å². The van der Waals surface area contributed by atoms with E-state index in [0.29, 0.717) is 0 Å². The Kier molecular flexibility index (Phi) is 7.50. The molecule has 1 rings (SSSR count). The maximum Gasteiger partial charge on any atom is 0.339 e. The lowest BCUT2D eigenvalue weighted by molar-refractivity contribution is -0.127. The number of imide groups is 1. The number of rotatable bonds is 6. The van der Waals surface area contributed by atoms with Crippen LogP contribution in [0.15, 0.2) is 12.1 Å². The highest BCUT2D eigenvalue weighted by Crippen LogP contribution is 2.36. The van der Waals surface area contributed by atoms with Gasteiger partial charge in [-0.2, -0.15) is 0 Å². The minimum absolute atomic E-state index is 0.0777. The summed E-state index contributed by atoms with van der Waals surface area (Å²) in [4.78, 5) is 35.5. The molecule has 0 radical (unpaired) electrons. The van der Waals surface area contributed by atoms with Crippen LogP contribution in [0.25, 0.3) is 0 Å². The van der Waals surface area contributed by atoms with Crippen molar-refractivity contribution in [3.63, 3.8) is 0 Å². The summed E-state index contributed by atoms with van der Waals surface area (Å²) in [7, 11) is 2.81. The number of hydrogen-bond donors (Lipinski definition) is 2. The van der Waals surface area contributed by atoms with E-state index in [1.165, 1.54) is 33.3 Å².